The third-order valence-electron chi connectivity index (χ3n) is 3.98. The van der Waals surface area contributed by atoms with Crippen LogP contribution < -0.4 is 0 Å². The van der Waals surface area contributed by atoms with E-state index < -0.39 is 0 Å². The van der Waals surface area contributed by atoms with Crippen LogP contribution in [0.1, 0.15) is 28.9 Å². The van der Waals surface area contributed by atoms with E-state index in [1.807, 2.05) is 32.0 Å². The standard InChI is InChI=1S/C16H25N5O2/c1-12-13(2)18-19-15(12)5-6-16(22)21(7-8-23-4)11-14-9-17-20(3)10-14/h9-10H,5-8,11H2,1-4H3,(H,18,19). The van der Waals surface area contributed by atoms with Gasteiger partial charge in [-0.25, -0.2) is 0 Å². The van der Waals surface area contributed by atoms with Crippen LogP contribution in [-0.4, -0.2) is 51.0 Å². The molecule has 0 aliphatic carbocycles. The van der Waals surface area contributed by atoms with Gasteiger partial charge in [0.05, 0.1) is 18.5 Å². The van der Waals surface area contributed by atoms with Crippen LogP contribution in [-0.2, 0) is 29.5 Å². The van der Waals surface area contributed by atoms with Crippen LogP contribution >= 0.6 is 0 Å². The van der Waals surface area contributed by atoms with Crippen molar-refractivity contribution in [3.63, 3.8) is 0 Å². The van der Waals surface area contributed by atoms with Crippen molar-refractivity contribution in [3.8, 4) is 0 Å². The number of carbonyl (C=O) groups is 1. The van der Waals surface area contributed by atoms with Crippen LogP contribution in [0.5, 0.6) is 0 Å². The minimum Gasteiger partial charge on any atom is -0.383 e. The maximum Gasteiger partial charge on any atom is 0.223 e. The SMILES string of the molecule is COCCN(Cc1cnn(C)c1)C(=O)CCc1n[nH]c(C)c1C. The maximum atomic E-state index is 12.6. The zero-order valence-electron chi connectivity index (χ0n) is 14.3. The highest BCUT2D eigenvalue weighted by atomic mass is 16.5. The van der Waals surface area contributed by atoms with Gasteiger partial charge in [-0.15, -0.1) is 0 Å². The summed E-state index contributed by atoms with van der Waals surface area (Å²) in [7, 11) is 3.51. The Kier molecular flexibility index (Phi) is 5.92. The van der Waals surface area contributed by atoms with Gasteiger partial charge >= 0.3 is 0 Å². The van der Waals surface area contributed by atoms with Crippen molar-refractivity contribution < 1.29 is 9.53 Å². The van der Waals surface area contributed by atoms with Gasteiger partial charge in [-0.05, 0) is 19.4 Å². The van der Waals surface area contributed by atoms with E-state index in [0.29, 0.717) is 32.5 Å². The Labute approximate surface area is 136 Å². The van der Waals surface area contributed by atoms with Gasteiger partial charge in [0.25, 0.3) is 0 Å². The lowest BCUT2D eigenvalue weighted by atomic mass is 10.1. The molecule has 7 nitrogen and oxygen atoms in total. The Morgan fingerprint density at radius 3 is 2.78 bits per heavy atom. The lowest BCUT2D eigenvalue weighted by Crippen LogP contribution is -2.33. The molecule has 0 bridgehead atoms. The Morgan fingerprint density at radius 1 is 1.43 bits per heavy atom. The van der Waals surface area contributed by atoms with E-state index in [1.54, 1.807) is 18.0 Å². The molecule has 0 aliphatic rings. The second-order valence-corrected chi connectivity index (χ2v) is 5.75. The van der Waals surface area contributed by atoms with E-state index >= 15 is 0 Å². The number of aromatic nitrogens is 4. The second kappa shape index (κ2) is 7.92. The molecule has 7 heteroatoms. The number of hydrogen-bond acceptors (Lipinski definition) is 4. The zero-order valence-corrected chi connectivity index (χ0v) is 14.3. The van der Waals surface area contributed by atoms with Gasteiger partial charge in [0, 0.05) is 57.5 Å². The van der Waals surface area contributed by atoms with Gasteiger partial charge in [-0.3, -0.25) is 14.6 Å². The summed E-state index contributed by atoms with van der Waals surface area (Å²) in [6, 6.07) is 0. The minimum absolute atomic E-state index is 0.103. The Bertz CT molecular complexity index is 647. The summed E-state index contributed by atoms with van der Waals surface area (Å²) < 4.78 is 6.86. The molecule has 0 aromatic carbocycles. The van der Waals surface area contributed by atoms with Crippen LogP contribution in [0.3, 0.4) is 0 Å². The Hall–Kier alpha value is -2.15. The van der Waals surface area contributed by atoms with E-state index in [2.05, 4.69) is 15.3 Å². The predicted octanol–water partition coefficient (Wildman–Crippen LogP) is 1.37. The number of methoxy groups -OCH3 is 1. The zero-order chi connectivity index (χ0) is 16.8. The van der Waals surface area contributed by atoms with Crippen LogP contribution in [0.25, 0.3) is 0 Å². The molecule has 0 spiro atoms. The third kappa shape index (κ3) is 4.66. The molecule has 0 unspecified atom stereocenters. The lowest BCUT2D eigenvalue weighted by molar-refractivity contribution is -0.132. The highest BCUT2D eigenvalue weighted by Gasteiger charge is 2.16. The van der Waals surface area contributed by atoms with Crippen molar-refractivity contribution in [1.82, 2.24) is 24.9 Å². The molecule has 0 saturated heterocycles. The average molecular weight is 319 g/mol. The van der Waals surface area contributed by atoms with Crippen molar-refractivity contribution in [2.45, 2.75) is 33.2 Å². The number of aromatic amines is 1. The molecule has 1 N–H and O–H groups in total. The summed E-state index contributed by atoms with van der Waals surface area (Å²) in [5.74, 6) is 0.103. The van der Waals surface area contributed by atoms with E-state index in [4.69, 9.17) is 4.74 Å². The van der Waals surface area contributed by atoms with Crippen molar-refractivity contribution in [2.24, 2.45) is 7.05 Å². The smallest absolute Gasteiger partial charge is 0.223 e. The quantitative estimate of drug-likeness (QED) is 0.797. The van der Waals surface area contributed by atoms with Crippen LogP contribution in [0.4, 0.5) is 0 Å². The number of hydrogen-bond donors (Lipinski definition) is 1. The molecule has 1 amide bonds. The van der Waals surface area contributed by atoms with Gasteiger partial charge in [0.2, 0.25) is 5.91 Å². The number of rotatable bonds is 8. The number of amides is 1. The molecule has 0 aliphatic heterocycles. The lowest BCUT2D eigenvalue weighted by Gasteiger charge is -2.21. The third-order valence-corrected chi connectivity index (χ3v) is 3.98. The maximum absolute atomic E-state index is 12.6. The molecule has 0 fully saturated rings. The minimum atomic E-state index is 0.103. The highest BCUT2D eigenvalue weighted by Crippen LogP contribution is 2.12. The predicted molar refractivity (Wildman–Crippen MR) is 86.9 cm³/mol. The topological polar surface area (TPSA) is 76.0 Å². The Balaban J connectivity index is 1.96. The van der Waals surface area contributed by atoms with E-state index in [9.17, 15) is 4.79 Å². The molecule has 2 aromatic heterocycles. The number of H-pyrrole nitrogens is 1. The normalized spacial score (nSPS) is 11.0. The number of aryl methyl sites for hydroxylation is 3. The molecular weight excluding hydrogens is 294 g/mol. The molecule has 0 radical (unpaired) electrons. The molecule has 2 heterocycles. The first-order valence-corrected chi connectivity index (χ1v) is 7.76. The number of carbonyl (C=O) groups excluding carboxylic acids is 1. The summed E-state index contributed by atoms with van der Waals surface area (Å²) in [4.78, 5) is 14.4. The van der Waals surface area contributed by atoms with E-state index in [0.717, 1.165) is 22.5 Å². The summed E-state index contributed by atoms with van der Waals surface area (Å²) >= 11 is 0. The molecule has 2 rings (SSSR count). The van der Waals surface area contributed by atoms with Gasteiger partial charge in [0.1, 0.15) is 0 Å². The Morgan fingerprint density at radius 2 is 2.22 bits per heavy atom. The molecule has 0 atom stereocenters. The van der Waals surface area contributed by atoms with Crippen LogP contribution in [0.15, 0.2) is 12.4 Å². The summed E-state index contributed by atoms with van der Waals surface area (Å²) in [5, 5.41) is 11.4. The highest BCUT2D eigenvalue weighted by molar-refractivity contribution is 5.76. The second-order valence-electron chi connectivity index (χ2n) is 5.75. The molecule has 126 valence electrons. The number of ether oxygens (including phenoxy) is 1. The van der Waals surface area contributed by atoms with Gasteiger partial charge in [-0.1, -0.05) is 0 Å². The van der Waals surface area contributed by atoms with Gasteiger partial charge in [-0.2, -0.15) is 10.2 Å². The van der Waals surface area contributed by atoms with Crippen molar-refractivity contribution in [1.29, 1.82) is 0 Å². The van der Waals surface area contributed by atoms with E-state index in [1.165, 1.54) is 0 Å². The average Bonchev–Trinajstić information content (AvgIpc) is 3.08. The fourth-order valence-electron chi connectivity index (χ4n) is 2.43. The first kappa shape index (κ1) is 17.2. The summed E-state index contributed by atoms with van der Waals surface area (Å²) in [6.07, 6.45) is 4.79. The fraction of sp³-hybridized carbons (Fsp3) is 0.562. The van der Waals surface area contributed by atoms with Crippen molar-refractivity contribution >= 4 is 5.91 Å². The van der Waals surface area contributed by atoms with Gasteiger partial charge < -0.3 is 9.64 Å². The number of nitrogens with one attached hydrogen (secondary N) is 1. The monoisotopic (exact) mass is 319 g/mol. The molecule has 23 heavy (non-hydrogen) atoms. The summed E-state index contributed by atoms with van der Waals surface area (Å²) in [6.45, 7) is 5.65. The molecular formula is C16H25N5O2. The van der Waals surface area contributed by atoms with Crippen molar-refractivity contribution in [2.75, 3.05) is 20.3 Å². The number of nitrogens with zero attached hydrogens (tertiary/aromatic N) is 4. The first-order chi connectivity index (χ1) is 11.0. The van der Waals surface area contributed by atoms with Crippen molar-refractivity contribution in [3.05, 3.63) is 34.9 Å². The fourth-order valence-corrected chi connectivity index (χ4v) is 2.43. The van der Waals surface area contributed by atoms with Gasteiger partial charge in [0.15, 0.2) is 0 Å². The van der Waals surface area contributed by atoms with Crippen LogP contribution in [0.2, 0.25) is 0 Å². The van der Waals surface area contributed by atoms with E-state index in [-0.39, 0.29) is 5.91 Å². The largest absolute Gasteiger partial charge is 0.383 e. The molecule has 2 aromatic rings. The summed E-state index contributed by atoms with van der Waals surface area (Å²) in [5.41, 5.74) is 4.17. The molecule has 0 saturated carbocycles. The first-order valence-electron chi connectivity index (χ1n) is 7.76. The van der Waals surface area contributed by atoms with Crippen LogP contribution in [0, 0.1) is 13.8 Å².